The molecule has 0 heterocycles. The molecule has 0 bridgehead atoms. The Morgan fingerprint density at radius 1 is 1.09 bits per heavy atom. The summed E-state index contributed by atoms with van der Waals surface area (Å²) >= 11 is 9.41. The Bertz CT molecular complexity index is 1130. The quantitative estimate of drug-likeness (QED) is 0.176. The van der Waals surface area contributed by atoms with Crippen molar-refractivity contribution in [2.24, 2.45) is 5.10 Å². The number of hydrazone groups is 1. The van der Waals surface area contributed by atoms with E-state index < -0.39 is 11.9 Å². The van der Waals surface area contributed by atoms with E-state index in [0.717, 1.165) is 10.9 Å². The number of benzene rings is 3. The van der Waals surface area contributed by atoms with Gasteiger partial charge < -0.3 is 9.47 Å². The molecule has 0 radical (unpaired) electrons. The van der Waals surface area contributed by atoms with Crippen LogP contribution < -0.4 is 14.9 Å². The number of hydrogen-bond donors (Lipinski definition) is 1. The molecule has 0 saturated heterocycles. The van der Waals surface area contributed by atoms with Gasteiger partial charge >= 0.3 is 5.97 Å². The molecule has 3 aromatic carbocycles. The van der Waals surface area contributed by atoms with Crippen molar-refractivity contribution in [2.75, 3.05) is 6.61 Å². The Labute approximate surface area is 199 Å². The largest absolute Gasteiger partial charge is 0.494 e. The zero-order valence-electron chi connectivity index (χ0n) is 17.2. The smallest absolute Gasteiger partial charge is 0.343 e. The molecule has 3 aromatic rings. The van der Waals surface area contributed by atoms with Gasteiger partial charge in [-0.2, -0.15) is 5.10 Å². The third-order valence-corrected chi connectivity index (χ3v) is 5.05. The van der Waals surface area contributed by atoms with Crippen LogP contribution in [0.5, 0.6) is 11.5 Å². The number of carbonyl (C=O) groups excluding carboxylic acids is 2. The molecule has 0 atom stereocenters. The molecule has 164 valence electrons. The van der Waals surface area contributed by atoms with Crippen LogP contribution in [0.2, 0.25) is 5.02 Å². The average Bonchev–Trinajstić information content (AvgIpc) is 2.80. The fourth-order valence-corrected chi connectivity index (χ4v) is 3.25. The highest BCUT2D eigenvalue weighted by Crippen LogP contribution is 2.23. The third-order valence-electron chi connectivity index (χ3n) is 4.23. The minimum absolute atomic E-state index is 0.292. The lowest BCUT2D eigenvalue weighted by molar-refractivity contribution is 0.0734. The number of amides is 1. The Kier molecular flexibility index (Phi) is 8.41. The van der Waals surface area contributed by atoms with Crippen LogP contribution >= 0.6 is 27.5 Å². The minimum atomic E-state index is -0.524. The highest BCUT2D eigenvalue weighted by Gasteiger charge is 2.13. The number of hydrogen-bond acceptors (Lipinski definition) is 5. The lowest BCUT2D eigenvalue weighted by atomic mass is 10.2. The molecule has 1 amide bonds. The number of rotatable bonds is 8. The molecular weight excluding hydrogens is 496 g/mol. The van der Waals surface area contributed by atoms with E-state index in [0.29, 0.717) is 39.8 Å². The van der Waals surface area contributed by atoms with Gasteiger partial charge in [-0.05, 0) is 61.0 Å². The summed E-state index contributed by atoms with van der Waals surface area (Å²) in [7, 11) is 0. The van der Waals surface area contributed by atoms with Crippen molar-refractivity contribution < 1.29 is 19.1 Å². The standard InChI is InChI=1S/C24H20BrClN2O4/c1-2-13-31-19-10-7-16(8-11-19)24(30)32-22-12-9-18(25)14-17(22)15-27-28-23(29)20-5-3-4-6-21(20)26/h3-12,14-15H,2,13H2,1H3,(H,28,29)/b27-15-. The van der Waals surface area contributed by atoms with Crippen LogP contribution in [0.15, 0.2) is 76.3 Å². The first-order valence-corrected chi connectivity index (χ1v) is 11.0. The van der Waals surface area contributed by atoms with Gasteiger partial charge in [-0.3, -0.25) is 4.79 Å². The maximum atomic E-state index is 12.6. The summed E-state index contributed by atoms with van der Waals surface area (Å²) in [5.74, 6) is 0.00395. The van der Waals surface area contributed by atoms with Crippen molar-refractivity contribution >= 4 is 45.6 Å². The lowest BCUT2D eigenvalue weighted by Crippen LogP contribution is -2.18. The zero-order valence-corrected chi connectivity index (χ0v) is 19.5. The summed E-state index contributed by atoms with van der Waals surface area (Å²) < 4.78 is 11.8. The van der Waals surface area contributed by atoms with Crippen molar-refractivity contribution in [2.45, 2.75) is 13.3 Å². The molecule has 0 aliphatic heterocycles. The number of halogens is 2. The van der Waals surface area contributed by atoms with Crippen molar-refractivity contribution in [1.29, 1.82) is 0 Å². The van der Waals surface area contributed by atoms with Gasteiger partial charge in [0.05, 0.1) is 29.0 Å². The van der Waals surface area contributed by atoms with E-state index in [1.54, 1.807) is 66.7 Å². The van der Waals surface area contributed by atoms with Crippen molar-refractivity contribution in [1.82, 2.24) is 5.43 Å². The molecule has 0 aliphatic rings. The third kappa shape index (κ3) is 6.42. The molecule has 0 unspecified atom stereocenters. The highest BCUT2D eigenvalue weighted by atomic mass is 79.9. The summed E-state index contributed by atoms with van der Waals surface area (Å²) in [5, 5.41) is 4.29. The first-order valence-electron chi connectivity index (χ1n) is 9.80. The van der Waals surface area contributed by atoms with Crippen molar-refractivity contribution in [3.05, 3.63) is 92.9 Å². The van der Waals surface area contributed by atoms with Gasteiger partial charge in [0.15, 0.2) is 0 Å². The molecule has 6 nitrogen and oxygen atoms in total. The average molecular weight is 516 g/mol. The lowest BCUT2D eigenvalue weighted by Gasteiger charge is -2.09. The minimum Gasteiger partial charge on any atom is -0.494 e. The van der Waals surface area contributed by atoms with Crippen molar-refractivity contribution in [3.63, 3.8) is 0 Å². The van der Waals surface area contributed by atoms with Gasteiger partial charge in [-0.25, -0.2) is 10.2 Å². The van der Waals surface area contributed by atoms with E-state index in [2.05, 4.69) is 26.5 Å². The fourth-order valence-electron chi connectivity index (χ4n) is 2.65. The maximum Gasteiger partial charge on any atom is 0.343 e. The van der Waals surface area contributed by atoms with Crippen LogP contribution in [-0.4, -0.2) is 24.7 Å². The van der Waals surface area contributed by atoms with E-state index in [9.17, 15) is 9.59 Å². The SMILES string of the molecule is CCCOc1ccc(C(=O)Oc2ccc(Br)cc2/C=N\NC(=O)c2ccccc2Cl)cc1. The first kappa shape index (κ1) is 23.5. The van der Waals surface area contributed by atoms with E-state index in [4.69, 9.17) is 21.1 Å². The highest BCUT2D eigenvalue weighted by molar-refractivity contribution is 9.10. The molecule has 0 aromatic heterocycles. The molecule has 0 saturated carbocycles. The molecule has 3 rings (SSSR count). The number of ether oxygens (including phenoxy) is 2. The Balaban J connectivity index is 1.70. The molecule has 0 fully saturated rings. The van der Waals surface area contributed by atoms with Crippen LogP contribution in [0, 0.1) is 0 Å². The van der Waals surface area contributed by atoms with Crippen LogP contribution in [-0.2, 0) is 0 Å². The van der Waals surface area contributed by atoms with E-state index in [1.807, 2.05) is 6.92 Å². The predicted molar refractivity (Wildman–Crippen MR) is 128 cm³/mol. The zero-order chi connectivity index (χ0) is 22.9. The van der Waals surface area contributed by atoms with Crippen LogP contribution in [0.1, 0.15) is 39.6 Å². The molecule has 8 heteroatoms. The topological polar surface area (TPSA) is 77.0 Å². The fraction of sp³-hybridized carbons (Fsp3) is 0.125. The molecule has 32 heavy (non-hydrogen) atoms. The first-order chi connectivity index (χ1) is 15.5. The Hall–Kier alpha value is -3.16. The van der Waals surface area contributed by atoms with E-state index in [1.165, 1.54) is 6.21 Å². The van der Waals surface area contributed by atoms with Gasteiger partial charge in [0, 0.05) is 10.0 Å². The van der Waals surface area contributed by atoms with Gasteiger partial charge in [0.25, 0.3) is 5.91 Å². The molecule has 0 aliphatic carbocycles. The summed E-state index contributed by atoms with van der Waals surface area (Å²) in [6.07, 6.45) is 2.29. The molecule has 0 spiro atoms. The predicted octanol–water partition coefficient (Wildman–Crippen LogP) is 5.87. The summed E-state index contributed by atoms with van der Waals surface area (Å²) in [4.78, 5) is 24.8. The molecular formula is C24H20BrClN2O4. The van der Waals surface area contributed by atoms with Crippen LogP contribution in [0.4, 0.5) is 0 Å². The van der Waals surface area contributed by atoms with E-state index >= 15 is 0 Å². The second-order valence-corrected chi connectivity index (χ2v) is 7.95. The maximum absolute atomic E-state index is 12.6. The number of carbonyl (C=O) groups is 2. The van der Waals surface area contributed by atoms with E-state index in [-0.39, 0.29) is 0 Å². The number of esters is 1. The summed E-state index contributed by atoms with van der Waals surface area (Å²) in [6.45, 7) is 2.63. The molecule has 1 N–H and O–H groups in total. The van der Waals surface area contributed by atoms with Gasteiger partial charge in [-0.1, -0.05) is 46.6 Å². The monoisotopic (exact) mass is 514 g/mol. The van der Waals surface area contributed by atoms with Gasteiger partial charge in [-0.15, -0.1) is 0 Å². The van der Waals surface area contributed by atoms with Crippen LogP contribution in [0.25, 0.3) is 0 Å². The summed E-state index contributed by atoms with van der Waals surface area (Å²) in [6, 6.07) is 18.5. The Morgan fingerprint density at radius 3 is 2.56 bits per heavy atom. The second kappa shape index (κ2) is 11.5. The second-order valence-electron chi connectivity index (χ2n) is 6.62. The van der Waals surface area contributed by atoms with Gasteiger partial charge in [0.2, 0.25) is 0 Å². The normalized spacial score (nSPS) is 10.7. The van der Waals surface area contributed by atoms with Crippen molar-refractivity contribution in [3.8, 4) is 11.5 Å². The van der Waals surface area contributed by atoms with Crippen LogP contribution in [0.3, 0.4) is 0 Å². The van der Waals surface area contributed by atoms with Gasteiger partial charge in [0.1, 0.15) is 11.5 Å². The Morgan fingerprint density at radius 2 is 1.84 bits per heavy atom. The number of nitrogens with one attached hydrogen (secondary N) is 1. The number of nitrogens with zero attached hydrogens (tertiary/aromatic N) is 1. The summed E-state index contributed by atoms with van der Waals surface area (Å²) in [5.41, 5.74) is 3.60.